The van der Waals surface area contributed by atoms with Crippen molar-refractivity contribution in [1.29, 1.82) is 0 Å². The lowest BCUT2D eigenvalue weighted by atomic mass is 9.82. The van der Waals surface area contributed by atoms with Crippen molar-refractivity contribution >= 4 is 11.8 Å². The van der Waals surface area contributed by atoms with Gasteiger partial charge in [0.2, 0.25) is 11.8 Å². The van der Waals surface area contributed by atoms with Crippen LogP contribution in [-0.4, -0.2) is 36.5 Å². The summed E-state index contributed by atoms with van der Waals surface area (Å²) in [5.74, 6) is -0.838. The standard InChI is InChI=1S/C24H27FN2O3/c1-17(18-5-3-2-4-6-18)27-16-19(15-22(27)28)23(29)26-24(11-13-30-14-12-24)20-7-9-21(25)10-8-20/h2-10,17,19H,11-16H2,1H3,(H,26,29). The monoisotopic (exact) mass is 410 g/mol. The molecule has 2 fully saturated rings. The van der Waals surface area contributed by atoms with Crippen molar-refractivity contribution in [2.45, 2.75) is 37.8 Å². The van der Waals surface area contributed by atoms with Crippen molar-refractivity contribution in [3.8, 4) is 0 Å². The molecule has 4 rings (SSSR count). The molecule has 0 saturated carbocycles. The molecule has 0 aliphatic carbocycles. The van der Waals surface area contributed by atoms with E-state index in [1.165, 1.54) is 12.1 Å². The normalized spacial score (nSPS) is 22.0. The van der Waals surface area contributed by atoms with Gasteiger partial charge in [-0.3, -0.25) is 9.59 Å². The molecule has 6 heteroatoms. The average Bonchev–Trinajstić information content (AvgIpc) is 3.16. The summed E-state index contributed by atoms with van der Waals surface area (Å²) in [5, 5.41) is 3.21. The number of rotatable bonds is 5. The number of carbonyl (C=O) groups excluding carboxylic acids is 2. The predicted octanol–water partition coefficient (Wildman–Crippen LogP) is 3.56. The van der Waals surface area contributed by atoms with Gasteiger partial charge in [-0.1, -0.05) is 42.5 Å². The van der Waals surface area contributed by atoms with Crippen molar-refractivity contribution in [1.82, 2.24) is 10.2 Å². The predicted molar refractivity (Wildman–Crippen MR) is 111 cm³/mol. The quantitative estimate of drug-likeness (QED) is 0.820. The first kappa shape index (κ1) is 20.5. The van der Waals surface area contributed by atoms with E-state index in [4.69, 9.17) is 4.74 Å². The van der Waals surface area contributed by atoms with Crippen LogP contribution in [0.3, 0.4) is 0 Å². The molecule has 5 nitrogen and oxygen atoms in total. The first-order chi connectivity index (χ1) is 14.5. The highest BCUT2D eigenvalue weighted by Gasteiger charge is 2.42. The van der Waals surface area contributed by atoms with Crippen LogP contribution in [-0.2, 0) is 19.9 Å². The molecule has 2 heterocycles. The maximum absolute atomic E-state index is 13.4. The van der Waals surface area contributed by atoms with E-state index in [9.17, 15) is 14.0 Å². The highest BCUT2D eigenvalue weighted by molar-refractivity contribution is 5.90. The summed E-state index contributed by atoms with van der Waals surface area (Å²) in [6, 6.07) is 16.1. The van der Waals surface area contributed by atoms with E-state index < -0.39 is 11.5 Å². The zero-order valence-electron chi connectivity index (χ0n) is 17.1. The minimum Gasteiger partial charge on any atom is -0.381 e. The van der Waals surface area contributed by atoms with Gasteiger partial charge < -0.3 is 15.0 Å². The van der Waals surface area contributed by atoms with Gasteiger partial charge in [0.25, 0.3) is 0 Å². The minimum atomic E-state index is -0.593. The number of likely N-dealkylation sites (tertiary alicyclic amines) is 1. The summed E-state index contributed by atoms with van der Waals surface area (Å²) < 4.78 is 18.9. The molecule has 2 unspecified atom stereocenters. The summed E-state index contributed by atoms with van der Waals surface area (Å²) in [5.41, 5.74) is 1.34. The molecular weight excluding hydrogens is 383 g/mol. The van der Waals surface area contributed by atoms with E-state index in [0.717, 1.165) is 11.1 Å². The highest BCUT2D eigenvalue weighted by Crippen LogP contribution is 2.34. The Morgan fingerprint density at radius 3 is 2.47 bits per heavy atom. The van der Waals surface area contributed by atoms with Crippen LogP contribution in [0, 0.1) is 11.7 Å². The van der Waals surface area contributed by atoms with Crippen LogP contribution in [0.1, 0.15) is 43.4 Å². The Labute approximate surface area is 176 Å². The maximum Gasteiger partial charge on any atom is 0.226 e. The largest absolute Gasteiger partial charge is 0.381 e. The van der Waals surface area contributed by atoms with Crippen molar-refractivity contribution < 1.29 is 18.7 Å². The van der Waals surface area contributed by atoms with E-state index >= 15 is 0 Å². The summed E-state index contributed by atoms with van der Waals surface area (Å²) in [6.45, 7) is 3.44. The van der Waals surface area contributed by atoms with Gasteiger partial charge in [0.05, 0.1) is 17.5 Å². The number of nitrogens with zero attached hydrogens (tertiary/aromatic N) is 1. The van der Waals surface area contributed by atoms with E-state index in [2.05, 4.69) is 5.32 Å². The topological polar surface area (TPSA) is 58.6 Å². The first-order valence-electron chi connectivity index (χ1n) is 10.5. The number of carbonyl (C=O) groups is 2. The minimum absolute atomic E-state index is 0.00527. The van der Waals surface area contributed by atoms with Crippen LogP contribution in [0.5, 0.6) is 0 Å². The average molecular weight is 410 g/mol. The zero-order valence-corrected chi connectivity index (χ0v) is 17.1. The summed E-state index contributed by atoms with van der Waals surface area (Å²) in [6.07, 6.45) is 1.45. The highest BCUT2D eigenvalue weighted by atomic mass is 19.1. The lowest BCUT2D eigenvalue weighted by Crippen LogP contribution is -2.51. The van der Waals surface area contributed by atoms with Crippen LogP contribution in [0.2, 0.25) is 0 Å². The Bertz CT molecular complexity index is 894. The molecular formula is C24H27FN2O3. The van der Waals surface area contributed by atoms with Gasteiger partial charge in [-0.15, -0.1) is 0 Å². The van der Waals surface area contributed by atoms with Crippen molar-refractivity contribution in [2.75, 3.05) is 19.8 Å². The molecule has 2 atom stereocenters. The molecule has 0 spiro atoms. The number of hydrogen-bond donors (Lipinski definition) is 1. The van der Waals surface area contributed by atoms with Crippen LogP contribution in [0.15, 0.2) is 54.6 Å². The smallest absolute Gasteiger partial charge is 0.226 e. The van der Waals surface area contributed by atoms with Gasteiger partial charge in [0.1, 0.15) is 5.82 Å². The van der Waals surface area contributed by atoms with E-state index in [1.54, 1.807) is 17.0 Å². The molecule has 2 amide bonds. The molecule has 2 saturated heterocycles. The number of nitrogens with one attached hydrogen (secondary N) is 1. The fourth-order valence-corrected chi connectivity index (χ4v) is 4.51. The van der Waals surface area contributed by atoms with E-state index in [1.807, 2.05) is 37.3 Å². The fourth-order valence-electron chi connectivity index (χ4n) is 4.51. The molecule has 2 aliphatic heterocycles. The molecule has 1 N–H and O–H groups in total. The van der Waals surface area contributed by atoms with Gasteiger partial charge >= 0.3 is 0 Å². The molecule has 0 aromatic heterocycles. The SMILES string of the molecule is CC(c1ccccc1)N1CC(C(=O)NC2(c3ccc(F)cc3)CCOCC2)CC1=O. The van der Waals surface area contributed by atoms with Crippen molar-refractivity contribution in [3.05, 3.63) is 71.5 Å². The lowest BCUT2D eigenvalue weighted by Gasteiger charge is -2.39. The van der Waals surface area contributed by atoms with Crippen LogP contribution in [0.4, 0.5) is 4.39 Å². The maximum atomic E-state index is 13.4. The van der Waals surface area contributed by atoms with Crippen LogP contribution >= 0.6 is 0 Å². The second-order valence-corrected chi connectivity index (χ2v) is 8.22. The van der Waals surface area contributed by atoms with Crippen LogP contribution < -0.4 is 5.32 Å². The van der Waals surface area contributed by atoms with Gasteiger partial charge in [-0.05, 0) is 43.0 Å². The third-order valence-electron chi connectivity index (χ3n) is 6.38. The van der Waals surface area contributed by atoms with Gasteiger partial charge in [-0.2, -0.15) is 0 Å². The number of ether oxygens (including phenoxy) is 1. The Morgan fingerprint density at radius 1 is 1.13 bits per heavy atom. The van der Waals surface area contributed by atoms with Crippen molar-refractivity contribution in [2.24, 2.45) is 5.92 Å². The number of hydrogen-bond acceptors (Lipinski definition) is 3. The molecule has 2 aromatic rings. The second-order valence-electron chi connectivity index (χ2n) is 8.22. The fraction of sp³-hybridized carbons (Fsp3) is 0.417. The Balaban J connectivity index is 1.49. The summed E-state index contributed by atoms with van der Waals surface area (Å²) in [4.78, 5) is 27.7. The van der Waals surface area contributed by atoms with Gasteiger partial charge in [0, 0.05) is 26.2 Å². The van der Waals surface area contributed by atoms with Gasteiger partial charge in [-0.25, -0.2) is 4.39 Å². The molecule has 2 aliphatic rings. The molecule has 0 bridgehead atoms. The number of halogens is 1. The summed E-state index contributed by atoms with van der Waals surface area (Å²) >= 11 is 0. The van der Waals surface area contributed by atoms with Gasteiger partial charge in [0.15, 0.2) is 0 Å². The number of benzene rings is 2. The Kier molecular flexibility index (Phi) is 5.86. The first-order valence-corrected chi connectivity index (χ1v) is 10.5. The third kappa shape index (κ3) is 4.10. The van der Waals surface area contributed by atoms with E-state index in [-0.39, 0.29) is 30.1 Å². The summed E-state index contributed by atoms with van der Waals surface area (Å²) in [7, 11) is 0. The Morgan fingerprint density at radius 2 is 1.80 bits per heavy atom. The molecule has 30 heavy (non-hydrogen) atoms. The molecule has 0 radical (unpaired) electrons. The lowest BCUT2D eigenvalue weighted by molar-refractivity contribution is -0.131. The second kappa shape index (κ2) is 8.56. The van der Waals surface area contributed by atoms with Crippen LogP contribution in [0.25, 0.3) is 0 Å². The van der Waals surface area contributed by atoms with Crippen molar-refractivity contribution in [3.63, 3.8) is 0 Å². The third-order valence-corrected chi connectivity index (χ3v) is 6.38. The molecule has 2 aromatic carbocycles. The Hall–Kier alpha value is -2.73. The van der Waals surface area contributed by atoms with E-state index in [0.29, 0.717) is 32.6 Å². The zero-order chi connectivity index (χ0) is 21.1. The molecule has 158 valence electrons. The number of amides is 2.